The third kappa shape index (κ3) is 2.13. The molecule has 4 rings (SSSR count). The second kappa shape index (κ2) is 5.21. The molecule has 4 aromatic rings. The zero-order valence-electron chi connectivity index (χ0n) is 12.5. The summed E-state index contributed by atoms with van der Waals surface area (Å²) in [6.07, 6.45) is 0.792. The predicted octanol–water partition coefficient (Wildman–Crippen LogP) is 4.86. The molecular weight excluding hydrogens is 308 g/mol. The standard InChI is InChI=1S/C19H13ClN2O/c1-22-17-5-3-2-4-15(17)16-10-14(11-23)21-18(19(16)22)12-6-8-13(20)9-7-12/h2-11H,1H3. The van der Waals surface area contributed by atoms with E-state index in [9.17, 15) is 4.79 Å². The zero-order valence-corrected chi connectivity index (χ0v) is 13.2. The summed E-state index contributed by atoms with van der Waals surface area (Å²) < 4.78 is 2.12. The maximum atomic E-state index is 11.3. The van der Waals surface area contributed by atoms with E-state index in [1.807, 2.05) is 49.5 Å². The molecule has 0 amide bonds. The maximum Gasteiger partial charge on any atom is 0.168 e. The van der Waals surface area contributed by atoms with Crippen LogP contribution in [0.15, 0.2) is 54.6 Å². The van der Waals surface area contributed by atoms with Crippen molar-refractivity contribution in [2.75, 3.05) is 0 Å². The molecule has 3 nitrogen and oxygen atoms in total. The van der Waals surface area contributed by atoms with Crippen LogP contribution in [0.4, 0.5) is 0 Å². The van der Waals surface area contributed by atoms with Gasteiger partial charge in [-0.15, -0.1) is 0 Å². The number of nitrogens with zero attached hydrogens (tertiary/aromatic N) is 2. The first-order chi connectivity index (χ1) is 11.2. The van der Waals surface area contributed by atoms with Crippen molar-refractivity contribution >= 4 is 39.7 Å². The summed E-state index contributed by atoms with van der Waals surface area (Å²) >= 11 is 5.99. The van der Waals surface area contributed by atoms with Crippen LogP contribution in [-0.4, -0.2) is 15.8 Å². The highest BCUT2D eigenvalue weighted by Gasteiger charge is 2.15. The molecule has 0 saturated heterocycles. The van der Waals surface area contributed by atoms with Gasteiger partial charge in [-0.2, -0.15) is 0 Å². The highest BCUT2D eigenvalue weighted by atomic mass is 35.5. The van der Waals surface area contributed by atoms with Gasteiger partial charge in [-0.3, -0.25) is 4.79 Å². The molecule has 0 radical (unpaired) electrons. The highest BCUT2D eigenvalue weighted by molar-refractivity contribution is 6.30. The lowest BCUT2D eigenvalue weighted by molar-refractivity contribution is 0.111. The number of aromatic nitrogens is 2. The smallest absolute Gasteiger partial charge is 0.168 e. The van der Waals surface area contributed by atoms with Crippen molar-refractivity contribution in [3.63, 3.8) is 0 Å². The van der Waals surface area contributed by atoms with E-state index in [1.165, 1.54) is 0 Å². The van der Waals surface area contributed by atoms with E-state index < -0.39 is 0 Å². The number of halogens is 1. The van der Waals surface area contributed by atoms with Gasteiger partial charge in [-0.05, 0) is 24.3 Å². The van der Waals surface area contributed by atoms with Gasteiger partial charge in [0.05, 0.1) is 11.2 Å². The summed E-state index contributed by atoms with van der Waals surface area (Å²) in [7, 11) is 2.02. The van der Waals surface area contributed by atoms with E-state index in [-0.39, 0.29) is 0 Å². The molecule has 2 aromatic heterocycles. The first-order valence-electron chi connectivity index (χ1n) is 7.28. The molecule has 112 valence electrons. The molecule has 0 spiro atoms. The lowest BCUT2D eigenvalue weighted by Crippen LogP contribution is -1.96. The van der Waals surface area contributed by atoms with Crippen LogP contribution in [0.2, 0.25) is 5.02 Å². The van der Waals surface area contributed by atoms with E-state index in [0.29, 0.717) is 10.7 Å². The fourth-order valence-corrected chi connectivity index (χ4v) is 3.21. The SMILES string of the molecule is Cn1c2ccccc2c2cc(C=O)nc(-c3ccc(Cl)cc3)c21. The monoisotopic (exact) mass is 320 g/mol. The van der Waals surface area contributed by atoms with Gasteiger partial charge < -0.3 is 4.57 Å². The number of carbonyl (C=O) groups is 1. The van der Waals surface area contributed by atoms with Crippen molar-refractivity contribution < 1.29 is 4.79 Å². The number of hydrogen-bond acceptors (Lipinski definition) is 2. The Labute approximate surface area is 138 Å². The van der Waals surface area contributed by atoms with Gasteiger partial charge in [0.2, 0.25) is 0 Å². The average Bonchev–Trinajstić information content (AvgIpc) is 2.88. The Morgan fingerprint density at radius 2 is 1.78 bits per heavy atom. The third-order valence-electron chi connectivity index (χ3n) is 4.14. The number of aryl methyl sites for hydroxylation is 1. The lowest BCUT2D eigenvalue weighted by atomic mass is 10.1. The maximum absolute atomic E-state index is 11.3. The van der Waals surface area contributed by atoms with E-state index in [4.69, 9.17) is 11.6 Å². The molecule has 2 aromatic carbocycles. The van der Waals surface area contributed by atoms with Gasteiger partial charge in [0, 0.05) is 33.9 Å². The molecule has 0 N–H and O–H groups in total. The van der Waals surface area contributed by atoms with Crippen LogP contribution in [0, 0.1) is 0 Å². The Morgan fingerprint density at radius 1 is 1.04 bits per heavy atom. The fraction of sp³-hybridized carbons (Fsp3) is 0.0526. The van der Waals surface area contributed by atoms with Crippen LogP contribution < -0.4 is 0 Å². The minimum absolute atomic E-state index is 0.429. The summed E-state index contributed by atoms with van der Waals surface area (Å²) in [5, 5.41) is 2.82. The van der Waals surface area contributed by atoms with Crippen molar-refractivity contribution in [3.05, 3.63) is 65.3 Å². The fourth-order valence-electron chi connectivity index (χ4n) is 3.09. The van der Waals surface area contributed by atoms with Gasteiger partial charge in [-0.1, -0.05) is 41.9 Å². The first kappa shape index (κ1) is 14.0. The second-order valence-corrected chi connectivity index (χ2v) is 5.93. The van der Waals surface area contributed by atoms with Crippen LogP contribution in [0.5, 0.6) is 0 Å². The van der Waals surface area contributed by atoms with Gasteiger partial charge in [0.25, 0.3) is 0 Å². The summed E-state index contributed by atoms with van der Waals surface area (Å²) in [4.78, 5) is 15.9. The van der Waals surface area contributed by atoms with E-state index in [1.54, 1.807) is 0 Å². The minimum atomic E-state index is 0.429. The van der Waals surface area contributed by atoms with Gasteiger partial charge in [0.1, 0.15) is 5.69 Å². The first-order valence-corrected chi connectivity index (χ1v) is 7.66. The van der Waals surface area contributed by atoms with Crippen LogP contribution in [0.3, 0.4) is 0 Å². The molecule has 2 heterocycles. The molecule has 0 unspecified atom stereocenters. The molecule has 0 fully saturated rings. The topological polar surface area (TPSA) is 34.9 Å². The molecule has 0 bridgehead atoms. The predicted molar refractivity (Wildman–Crippen MR) is 94.1 cm³/mol. The van der Waals surface area contributed by atoms with Crippen LogP contribution >= 0.6 is 11.6 Å². The molecule has 0 aliphatic heterocycles. The second-order valence-electron chi connectivity index (χ2n) is 5.49. The average molecular weight is 321 g/mol. The largest absolute Gasteiger partial charge is 0.342 e. The molecule has 0 saturated carbocycles. The van der Waals surface area contributed by atoms with Crippen LogP contribution in [-0.2, 0) is 7.05 Å². The summed E-state index contributed by atoms with van der Waals surface area (Å²) in [6, 6.07) is 17.5. The van der Waals surface area contributed by atoms with Crippen LogP contribution in [0.1, 0.15) is 10.5 Å². The highest BCUT2D eigenvalue weighted by Crippen LogP contribution is 2.34. The minimum Gasteiger partial charge on any atom is -0.342 e. The van der Waals surface area contributed by atoms with E-state index >= 15 is 0 Å². The van der Waals surface area contributed by atoms with E-state index in [0.717, 1.165) is 39.3 Å². The Kier molecular flexibility index (Phi) is 3.17. The van der Waals surface area contributed by atoms with Gasteiger partial charge >= 0.3 is 0 Å². The number of benzene rings is 2. The summed E-state index contributed by atoms with van der Waals surface area (Å²) in [5.41, 5.74) is 4.29. The van der Waals surface area contributed by atoms with Gasteiger partial charge in [0.15, 0.2) is 6.29 Å². The van der Waals surface area contributed by atoms with Crippen LogP contribution in [0.25, 0.3) is 33.1 Å². The Balaban J connectivity index is 2.18. The number of hydrogen-bond donors (Lipinski definition) is 0. The number of para-hydroxylation sites is 1. The molecule has 23 heavy (non-hydrogen) atoms. The lowest BCUT2D eigenvalue weighted by Gasteiger charge is -2.07. The molecule has 4 heteroatoms. The normalized spacial score (nSPS) is 11.2. The Morgan fingerprint density at radius 3 is 2.52 bits per heavy atom. The van der Waals surface area contributed by atoms with Crippen molar-refractivity contribution in [2.45, 2.75) is 0 Å². The van der Waals surface area contributed by atoms with Crippen molar-refractivity contribution in [3.8, 4) is 11.3 Å². The van der Waals surface area contributed by atoms with Crippen molar-refractivity contribution in [1.82, 2.24) is 9.55 Å². The summed E-state index contributed by atoms with van der Waals surface area (Å²) in [5.74, 6) is 0. The molecule has 0 atom stereocenters. The molecular formula is C19H13ClN2O. The Hall–Kier alpha value is -2.65. The van der Waals surface area contributed by atoms with Crippen molar-refractivity contribution in [2.24, 2.45) is 7.05 Å². The number of carbonyl (C=O) groups excluding carboxylic acids is 1. The van der Waals surface area contributed by atoms with Gasteiger partial charge in [-0.25, -0.2) is 4.98 Å². The number of aldehydes is 1. The zero-order chi connectivity index (χ0) is 16.0. The Bertz CT molecular complexity index is 1050. The molecule has 0 aliphatic rings. The van der Waals surface area contributed by atoms with E-state index in [2.05, 4.69) is 21.7 Å². The quantitative estimate of drug-likeness (QED) is 0.494. The third-order valence-corrected chi connectivity index (χ3v) is 4.39. The number of rotatable bonds is 2. The summed E-state index contributed by atoms with van der Waals surface area (Å²) in [6.45, 7) is 0. The number of pyridine rings is 1. The number of fused-ring (bicyclic) bond motifs is 3. The van der Waals surface area contributed by atoms with Crippen molar-refractivity contribution in [1.29, 1.82) is 0 Å². The molecule has 0 aliphatic carbocycles.